The van der Waals surface area contributed by atoms with Crippen molar-refractivity contribution in [2.75, 3.05) is 33.4 Å². The molecule has 0 aliphatic rings. The third kappa shape index (κ3) is 6.38. The van der Waals surface area contributed by atoms with Crippen LogP contribution in [0, 0.1) is 0 Å². The highest BCUT2D eigenvalue weighted by molar-refractivity contribution is 4.84. The van der Waals surface area contributed by atoms with E-state index in [1.165, 1.54) is 0 Å². The Hall–Kier alpha value is -0.340. The highest BCUT2D eigenvalue weighted by atomic mass is 16.5. The maximum atomic E-state index is 4.94. The summed E-state index contributed by atoms with van der Waals surface area (Å²) in [6.45, 7) is 8.53. The standard InChI is InChI=1S/C10H21NO/c1-4-11(5-2)9-7-6-8-10-12-3/h6-7H,4-5,8-10H2,1-3H3. The highest BCUT2D eigenvalue weighted by Gasteiger charge is 1.92. The van der Waals surface area contributed by atoms with Crippen LogP contribution in [-0.2, 0) is 4.74 Å². The van der Waals surface area contributed by atoms with Crippen LogP contribution in [-0.4, -0.2) is 38.3 Å². The zero-order chi connectivity index (χ0) is 9.23. The van der Waals surface area contributed by atoms with Gasteiger partial charge in [-0.15, -0.1) is 0 Å². The van der Waals surface area contributed by atoms with E-state index in [9.17, 15) is 0 Å². The van der Waals surface area contributed by atoms with Gasteiger partial charge in [0.05, 0.1) is 0 Å². The lowest BCUT2D eigenvalue weighted by Gasteiger charge is -2.14. The molecule has 0 bridgehead atoms. The first-order chi connectivity index (χ1) is 5.85. The molecule has 0 aromatic heterocycles. The molecule has 0 saturated carbocycles. The Kier molecular flexibility index (Phi) is 8.51. The van der Waals surface area contributed by atoms with Gasteiger partial charge in [-0.3, -0.25) is 0 Å². The smallest absolute Gasteiger partial charge is 0.0496 e. The lowest BCUT2D eigenvalue weighted by atomic mass is 10.3. The molecule has 0 spiro atoms. The molecule has 0 aliphatic heterocycles. The van der Waals surface area contributed by atoms with Gasteiger partial charge in [-0.05, 0) is 19.5 Å². The number of hydrogen-bond donors (Lipinski definition) is 0. The minimum absolute atomic E-state index is 0.828. The molecule has 0 aliphatic carbocycles. The zero-order valence-corrected chi connectivity index (χ0v) is 8.55. The molecule has 72 valence electrons. The van der Waals surface area contributed by atoms with E-state index < -0.39 is 0 Å². The molecule has 0 saturated heterocycles. The predicted octanol–water partition coefficient (Wildman–Crippen LogP) is 1.92. The Balaban J connectivity index is 3.31. The average molecular weight is 171 g/mol. The Morgan fingerprint density at radius 1 is 1.17 bits per heavy atom. The average Bonchev–Trinajstić information content (AvgIpc) is 2.11. The Bertz CT molecular complexity index is 108. The van der Waals surface area contributed by atoms with Crippen LogP contribution in [0.25, 0.3) is 0 Å². The first-order valence-electron chi connectivity index (χ1n) is 4.71. The Morgan fingerprint density at radius 3 is 2.33 bits per heavy atom. The van der Waals surface area contributed by atoms with E-state index >= 15 is 0 Å². The van der Waals surface area contributed by atoms with Gasteiger partial charge in [-0.1, -0.05) is 26.0 Å². The zero-order valence-electron chi connectivity index (χ0n) is 8.55. The summed E-state index contributed by atoms with van der Waals surface area (Å²) in [6.07, 6.45) is 5.42. The van der Waals surface area contributed by atoms with Gasteiger partial charge in [0, 0.05) is 20.3 Å². The fraction of sp³-hybridized carbons (Fsp3) is 0.800. The van der Waals surface area contributed by atoms with Crippen LogP contribution >= 0.6 is 0 Å². The molecule has 0 N–H and O–H groups in total. The van der Waals surface area contributed by atoms with Gasteiger partial charge in [0.1, 0.15) is 0 Å². The van der Waals surface area contributed by atoms with Crippen LogP contribution in [0.4, 0.5) is 0 Å². The number of rotatable bonds is 7. The molecule has 0 aromatic rings. The molecular weight excluding hydrogens is 150 g/mol. The fourth-order valence-corrected chi connectivity index (χ4v) is 1.01. The number of hydrogen-bond acceptors (Lipinski definition) is 2. The summed E-state index contributed by atoms with van der Waals surface area (Å²) in [7, 11) is 1.73. The third-order valence-electron chi connectivity index (χ3n) is 1.91. The maximum Gasteiger partial charge on any atom is 0.0496 e. The van der Waals surface area contributed by atoms with Crippen LogP contribution < -0.4 is 0 Å². The normalized spacial score (nSPS) is 11.7. The largest absolute Gasteiger partial charge is 0.384 e. The van der Waals surface area contributed by atoms with Crippen LogP contribution in [0.2, 0.25) is 0 Å². The molecule has 0 aromatic carbocycles. The van der Waals surface area contributed by atoms with Crippen molar-refractivity contribution in [3.05, 3.63) is 12.2 Å². The molecular formula is C10H21NO. The fourth-order valence-electron chi connectivity index (χ4n) is 1.01. The van der Waals surface area contributed by atoms with Crippen LogP contribution in [0.1, 0.15) is 20.3 Å². The third-order valence-corrected chi connectivity index (χ3v) is 1.91. The van der Waals surface area contributed by atoms with E-state index in [-0.39, 0.29) is 0 Å². The summed E-state index contributed by atoms with van der Waals surface area (Å²) in [5, 5.41) is 0. The maximum absolute atomic E-state index is 4.94. The lowest BCUT2D eigenvalue weighted by molar-refractivity contribution is 0.204. The predicted molar refractivity (Wildman–Crippen MR) is 53.4 cm³/mol. The minimum atomic E-state index is 0.828. The first-order valence-corrected chi connectivity index (χ1v) is 4.71. The number of likely N-dealkylation sites (N-methyl/N-ethyl adjacent to an activating group) is 1. The second-order valence-electron chi connectivity index (χ2n) is 2.74. The molecule has 0 radical (unpaired) electrons. The second-order valence-corrected chi connectivity index (χ2v) is 2.74. The molecule has 0 rings (SSSR count). The van der Waals surface area contributed by atoms with Crippen molar-refractivity contribution in [2.45, 2.75) is 20.3 Å². The molecule has 0 unspecified atom stereocenters. The van der Waals surface area contributed by atoms with Gasteiger partial charge < -0.3 is 9.64 Å². The summed E-state index contributed by atoms with van der Waals surface area (Å²) >= 11 is 0. The van der Waals surface area contributed by atoms with Gasteiger partial charge in [0.25, 0.3) is 0 Å². The molecule has 0 atom stereocenters. The van der Waals surface area contributed by atoms with E-state index in [0.717, 1.165) is 32.7 Å². The van der Waals surface area contributed by atoms with E-state index in [1.807, 2.05) is 0 Å². The van der Waals surface area contributed by atoms with Crippen LogP contribution in [0.15, 0.2) is 12.2 Å². The number of ether oxygens (including phenoxy) is 1. The van der Waals surface area contributed by atoms with Crippen LogP contribution in [0.3, 0.4) is 0 Å². The summed E-state index contributed by atoms with van der Waals surface area (Å²) in [4.78, 5) is 2.38. The lowest BCUT2D eigenvalue weighted by Crippen LogP contribution is -2.22. The van der Waals surface area contributed by atoms with Gasteiger partial charge in [0.2, 0.25) is 0 Å². The number of nitrogens with zero attached hydrogens (tertiary/aromatic N) is 1. The van der Waals surface area contributed by atoms with Gasteiger partial charge in [-0.2, -0.15) is 0 Å². The quantitative estimate of drug-likeness (QED) is 0.428. The molecule has 0 fully saturated rings. The first kappa shape index (κ1) is 11.7. The summed E-state index contributed by atoms with van der Waals surface area (Å²) in [5.74, 6) is 0. The summed E-state index contributed by atoms with van der Waals surface area (Å²) in [5.41, 5.74) is 0. The summed E-state index contributed by atoms with van der Waals surface area (Å²) < 4.78 is 4.94. The van der Waals surface area contributed by atoms with Crippen molar-refractivity contribution in [1.29, 1.82) is 0 Å². The number of methoxy groups -OCH3 is 1. The van der Waals surface area contributed by atoms with E-state index in [2.05, 4.69) is 30.9 Å². The Labute approximate surface area is 76.2 Å². The van der Waals surface area contributed by atoms with Crippen molar-refractivity contribution in [2.24, 2.45) is 0 Å². The molecule has 12 heavy (non-hydrogen) atoms. The Morgan fingerprint density at radius 2 is 1.83 bits per heavy atom. The van der Waals surface area contributed by atoms with Crippen molar-refractivity contribution < 1.29 is 4.74 Å². The summed E-state index contributed by atoms with van der Waals surface area (Å²) in [6, 6.07) is 0. The second kappa shape index (κ2) is 8.75. The molecule has 2 nitrogen and oxygen atoms in total. The van der Waals surface area contributed by atoms with E-state index in [1.54, 1.807) is 7.11 Å². The van der Waals surface area contributed by atoms with Crippen molar-refractivity contribution in [3.8, 4) is 0 Å². The topological polar surface area (TPSA) is 12.5 Å². The minimum Gasteiger partial charge on any atom is -0.384 e. The highest BCUT2D eigenvalue weighted by Crippen LogP contribution is 1.89. The molecule has 0 amide bonds. The molecule has 2 heteroatoms. The SMILES string of the molecule is CCN(CC)CC=CCCOC. The van der Waals surface area contributed by atoms with Gasteiger partial charge in [-0.25, -0.2) is 0 Å². The van der Waals surface area contributed by atoms with E-state index in [0.29, 0.717) is 0 Å². The van der Waals surface area contributed by atoms with Crippen molar-refractivity contribution >= 4 is 0 Å². The van der Waals surface area contributed by atoms with Crippen molar-refractivity contribution in [1.82, 2.24) is 4.90 Å². The van der Waals surface area contributed by atoms with E-state index in [4.69, 9.17) is 4.74 Å². The monoisotopic (exact) mass is 171 g/mol. The van der Waals surface area contributed by atoms with Crippen molar-refractivity contribution in [3.63, 3.8) is 0 Å². The van der Waals surface area contributed by atoms with Gasteiger partial charge >= 0.3 is 0 Å². The van der Waals surface area contributed by atoms with Gasteiger partial charge in [0.15, 0.2) is 0 Å². The molecule has 0 heterocycles. The van der Waals surface area contributed by atoms with Crippen LogP contribution in [0.5, 0.6) is 0 Å².